The molecular formula is C16H17Cl2N. The summed E-state index contributed by atoms with van der Waals surface area (Å²) in [5, 5.41) is 1.33. The van der Waals surface area contributed by atoms with Crippen LogP contribution in [0.15, 0.2) is 42.5 Å². The van der Waals surface area contributed by atoms with E-state index < -0.39 is 5.54 Å². The molecule has 0 aromatic heterocycles. The van der Waals surface area contributed by atoms with Crippen LogP contribution in [0.1, 0.15) is 23.6 Å². The molecule has 0 heterocycles. The van der Waals surface area contributed by atoms with Gasteiger partial charge in [-0.25, -0.2) is 0 Å². The highest BCUT2D eigenvalue weighted by atomic mass is 35.5. The van der Waals surface area contributed by atoms with Crippen LogP contribution in [0.4, 0.5) is 0 Å². The van der Waals surface area contributed by atoms with Gasteiger partial charge in [0, 0.05) is 15.6 Å². The van der Waals surface area contributed by atoms with E-state index in [1.807, 2.05) is 37.3 Å². The first-order valence-electron chi connectivity index (χ1n) is 6.19. The minimum Gasteiger partial charge on any atom is -0.321 e. The molecule has 0 radical (unpaired) electrons. The van der Waals surface area contributed by atoms with Crippen molar-refractivity contribution in [2.75, 3.05) is 0 Å². The van der Waals surface area contributed by atoms with Crippen molar-refractivity contribution in [1.29, 1.82) is 0 Å². The average molecular weight is 294 g/mol. The quantitative estimate of drug-likeness (QED) is 0.871. The van der Waals surface area contributed by atoms with Crippen LogP contribution in [0, 0.1) is 6.92 Å². The van der Waals surface area contributed by atoms with E-state index in [1.54, 1.807) is 0 Å². The Labute approximate surface area is 124 Å². The minimum atomic E-state index is -0.499. The molecular weight excluding hydrogens is 277 g/mol. The third-order valence-electron chi connectivity index (χ3n) is 3.28. The first kappa shape index (κ1) is 14.4. The van der Waals surface area contributed by atoms with E-state index in [1.165, 1.54) is 5.56 Å². The monoisotopic (exact) mass is 293 g/mol. The van der Waals surface area contributed by atoms with Crippen molar-refractivity contribution in [3.8, 4) is 0 Å². The lowest BCUT2D eigenvalue weighted by molar-refractivity contribution is 0.491. The zero-order valence-corrected chi connectivity index (χ0v) is 12.6. The van der Waals surface area contributed by atoms with Gasteiger partial charge in [0.1, 0.15) is 0 Å². The number of hydrogen-bond donors (Lipinski definition) is 1. The topological polar surface area (TPSA) is 26.0 Å². The highest BCUT2D eigenvalue weighted by Crippen LogP contribution is 2.31. The molecule has 0 saturated heterocycles. The lowest BCUT2D eigenvalue weighted by Crippen LogP contribution is -2.35. The summed E-state index contributed by atoms with van der Waals surface area (Å²) in [4.78, 5) is 0. The molecule has 0 bridgehead atoms. The summed E-state index contributed by atoms with van der Waals surface area (Å²) in [7, 11) is 0. The van der Waals surface area contributed by atoms with Crippen molar-refractivity contribution in [1.82, 2.24) is 0 Å². The number of aryl methyl sites for hydroxylation is 1. The number of nitrogens with two attached hydrogens (primary N) is 1. The van der Waals surface area contributed by atoms with E-state index in [9.17, 15) is 0 Å². The van der Waals surface area contributed by atoms with Gasteiger partial charge in [0.05, 0.1) is 0 Å². The summed E-state index contributed by atoms with van der Waals surface area (Å²) < 4.78 is 0. The van der Waals surface area contributed by atoms with Gasteiger partial charge in [-0.05, 0) is 43.5 Å². The molecule has 0 amide bonds. The van der Waals surface area contributed by atoms with Gasteiger partial charge < -0.3 is 5.73 Å². The van der Waals surface area contributed by atoms with Crippen molar-refractivity contribution in [3.63, 3.8) is 0 Å². The molecule has 0 spiro atoms. The van der Waals surface area contributed by atoms with Crippen LogP contribution >= 0.6 is 23.2 Å². The van der Waals surface area contributed by atoms with Gasteiger partial charge in [-0.2, -0.15) is 0 Å². The Morgan fingerprint density at radius 3 is 2.21 bits per heavy atom. The second kappa shape index (κ2) is 5.54. The molecule has 0 fully saturated rings. The fourth-order valence-corrected chi connectivity index (χ4v) is 2.70. The molecule has 19 heavy (non-hydrogen) atoms. The Hall–Kier alpha value is -1.02. The highest BCUT2D eigenvalue weighted by Gasteiger charge is 2.24. The van der Waals surface area contributed by atoms with Gasteiger partial charge in [-0.3, -0.25) is 0 Å². The molecule has 0 aliphatic carbocycles. The Bertz CT molecular complexity index is 571. The van der Waals surface area contributed by atoms with E-state index >= 15 is 0 Å². The van der Waals surface area contributed by atoms with Crippen LogP contribution in [-0.4, -0.2) is 0 Å². The van der Waals surface area contributed by atoms with Crippen molar-refractivity contribution in [2.24, 2.45) is 5.73 Å². The van der Waals surface area contributed by atoms with Gasteiger partial charge in [0.2, 0.25) is 0 Å². The molecule has 2 aromatic rings. The summed E-state index contributed by atoms with van der Waals surface area (Å²) in [6, 6.07) is 13.7. The third-order valence-corrected chi connectivity index (χ3v) is 3.99. The van der Waals surface area contributed by atoms with E-state index in [4.69, 9.17) is 28.9 Å². The number of halogens is 2. The maximum atomic E-state index is 6.46. The first-order valence-corrected chi connectivity index (χ1v) is 6.95. The predicted molar refractivity (Wildman–Crippen MR) is 82.9 cm³/mol. The average Bonchev–Trinajstić information content (AvgIpc) is 2.34. The van der Waals surface area contributed by atoms with Crippen molar-refractivity contribution >= 4 is 23.2 Å². The Kier molecular flexibility index (Phi) is 4.19. The van der Waals surface area contributed by atoms with Crippen LogP contribution in [0.3, 0.4) is 0 Å². The predicted octanol–water partition coefficient (Wildman–Crippen LogP) is 4.72. The first-order chi connectivity index (χ1) is 8.90. The summed E-state index contributed by atoms with van der Waals surface area (Å²) in [5.74, 6) is 0. The molecule has 0 aliphatic rings. The summed E-state index contributed by atoms with van der Waals surface area (Å²) in [6.07, 6.45) is 0.606. The van der Waals surface area contributed by atoms with Crippen molar-refractivity contribution in [2.45, 2.75) is 25.8 Å². The molecule has 2 rings (SSSR count). The molecule has 0 saturated carbocycles. The van der Waals surface area contributed by atoms with Gasteiger partial charge in [-0.1, -0.05) is 59.1 Å². The summed E-state index contributed by atoms with van der Waals surface area (Å²) >= 11 is 12.4. The lowest BCUT2D eigenvalue weighted by atomic mass is 9.86. The minimum absolute atomic E-state index is 0.499. The van der Waals surface area contributed by atoms with Crippen molar-refractivity contribution in [3.05, 3.63) is 69.2 Å². The van der Waals surface area contributed by atoms with Crippen LogP contribution < -0.4 is 5.73 Å². The maximum Gasteiger partial charge on any atom is 0.0453 e. The van der Waals surface area contributed by atoms with E-state index in [0.717, 1.165) is 11.1 Å². The van der Waals surface area contributed by atoms with Crippen LogP contribution in [-0.2, 0) is 12.0 Å². The molecule has 2 aromatic carbocycles. The Balaban J connectivity index is 2.36. The summed E-state index contributed by atoms with van der Waals surface area (Å²) in [5.41, 5.74) is 9.14. The molecule has 1 unspecified atom stereocenters. The van der Waals surface area contributed by atoms with Gasteiger partial charge in [-0.15, -0.1) is 0 Å². The van der Waals surface area contributed by atoms with Gasteiger partial charge in [0.25, 0.3) is 0 Å². The largest absolute Gasteiger partial charge is 0.321 e. The van der Waals surface area contributed by atoms with Crippen molar-refractivity contribution < 1.29 is 0 Å². The molecule has 3 heteroatoms. The van der Waals surface area contributed by atoms with Crippen LogP contribution in [0.2, 0.25) is 10.0 Å². The fourth-order valence-electron chi connectivity index (χ4n) is 2.17. The Morgan fingerprint density at radius 1 is 1.05 bits per heavy atom. The molecule has 1 nitrogen and oxygen atoms in total. The number of benzene rings is 2. The molecule has 100 valence electrons. The Morgan fingerprint density at radius 2 is 1.63 bits per heavy atom. The second-order valence-electron chi connectivity index (χ2n) is 5.16. The zero-order valence-electron chi connectivity index (χ0n) is 11.1. The molecule has 0 aliphatic heterocycles. The molecule has 2 N–H and O–H groups in total. The zero-order chi connectivity index (χ0) is 14.0. The summed E-state index contributed by atoms with van der Waals surface area (Å²) in [6.45, 7) is 4.06. The van der Waals surface area contributed by atoms with Crippen LogP contribution in [0.25, 0.3) is 0 Å². The van der Waals surface area contributed by atoms with Gasteiger partial charge >= 0.3 is 0 Å². The normalized spacial score (nSPS) is 14.2. The van der Waals surface area contributed by atoms with E-state index in [-0.39, 0.29) is 0 Å². The lowest BCUT2D eigenvalue weighted by Gasteiger charge is -2.26. The van der Waals surface area contributed by atoms with Gasteiger partial charge in [0.15, 0.2) is 0 Å². The third kappa shape index (κ3) is 3.30. The second-order valence-corrected chi connectivity index (χ2v) is 5.98. The van der Waals surface area contributed by atoms with E-state index in [2.05, 4.69) is 19.1 Å². The number of rotatable bonds is 3. The smallest absolute Gasteiger partial charge is 0.0453 e. The van der Waals surface area contributed by atoms with Crippen LogP contribution in [0.5, 0.6) is 0 Å². The SMILES string of the molecule is Cc1cccc(C(C)(N)Cc2c(Cl)cccc2Cl)c1. The number of hydrogen-bond acceptors (Lipinski definition) is 1. The fraction of sp³-hybridized carbons (Fsp3) is 0.250. The van der Waals surface area contributed by atoms with E-state index in [0.29, 0.717) is 16.5 Å². The maximum absolute atomic E-state index is 6.46. The highest BCUT2D eigenvalue weighted by molar-refractivity contribution is 6.36. The standard InChI is InChI=1S/C16H17Cl2N/c1-11-5-3-6-12(9-11)16(2,19)10-13-14(17)7-4-8-15(13)18/h3-9H,10,19H2,1-2H3. The molecule has 1 atom stereocenters.